The second-order valence-corrected chi connectivity index (χ2v) is 6.75. The van der Waals surface area contributed by atoms with Crippen LogP contribution >= 0.6 is 23.2 Å². The number of piperazine rings is 1. The lowest BCUT2D eigenvalue weighted by atomic mass is 10.3. The van der Waals surface area contributed by atoms with Gasteiger partial charge in [-0.2, -0.15) is 0 Å². The Morgan fingerprint density at radius 1 is 1.12 bits per heavy atom. The van der Waals surface area contributed by atoms with Crippen LogP contribution in [0.3, 0.4) is 0 Å². The number of nitrogens with zero attached hydrogens (tertiary/aromatic N) is 5. The van der Waals surface area contributed by atoms with Gasteiger partial charge >= 0.3 is 0 Å². The molecule has 9 heteroatoms. The standard InChI is InChI=1S/C17H20Cl2N6O/c18-13-3-4-14(19)23-15(13)16(26)20-7-2-8-24-9-11-25(12-10-24)17-21-5-1-6-22-17/h1,3-6H,2,7-12H2,(H,20,26). The van der Waals surface area contributed by atoms with Crippen LogP contribution in [0.1, 0.15) is 16.9 Å². The molecule has 0 radical (unpaired) electrons. The van der Waals surface area contributed by atoms with Gasteiger partial charge in [0.2, 0.25) is 5.95 Å². The molecule has 138 valence electrons. The van der Waals surface area contributed by atoms with Gasteiger partial charge in [-0.15, -0.1) is 0 Å². The van der Waals surface area contributed by atoms with E-state index in [1.165, 1.54) is 0 Å². The SMILES string of the molecule is O=C(NCCCN1CCN(c2ncccn2)CC1)c1nc(Cl)ccc1Cl. The molecule has 1 amide bonds. The number of nitrogens with one attached hydrogen (secondary N) is 1. The van der Waals surface area contributed by atoms with E-state index in [4.69, 9.17) is 23.2 Å². The number of amides is 1. The third kappa shape index (κ3) is 5.03. The van der Waals surface area contributed by atoms with Crippen LogP contribution in [0, 0.1) is 0 Å². The van der Waals surface area contributed by atoms with Crippen molar-refractivity contribution in [2.24, 2.45) is 0 Å². The minimum Gasteiger partial charge on any atom is -0.351 e. The highest BCUT2D eigenvalue weighted by atomic mass is 35.5. The fourth-order valence-electron chi connectivity index (χ4n) is 2.79. The van der Waals surface area contributed by atoms with Crippen molar-refractivity contribution in [2.45, 2.75) is 6.42 Å². The molecular weight excluding hydrogens is 375 g/mol. The van der Waals surface area contributed by atoms with Crippen molar-refractivity contribution >= 4 is 35.1 Å². The highest BCUT2D eigenvalue weighted by Crippen LogP contribution is 2.16. The lowest BCUT2D eigenvalue weighted by molar-refractivity contribution is 0.0946. The molecular formula is C17H20Cl2N6O. The Morgan fingerprint density at radius 3 is 2.58 bits per heavy atom. The molecule has 26 heavy (non-hydrogen) atoms. The Kier molecular flexibility index (Phi) is 6.60. The van der Waals surface area contributed by atoms with Gasteiger partial charge in [-0.05, 0) is 31.2 Å². The number of hydrogen-bond donors (Lipinski definition) is 1. The Morgan fingerprint density at radius 2 is 1.85 bits per heavy atom. The minimum atomic E-state index is -0.302. The normalized spacial score (nSPS) is 15.1. The summed E-state index contributed by atoms with van der Waals surface area (Å²) < 4.78 is 0. The number of carbonyl (C=O) groups excluding carboxylic acids is 1. The third-order valence-electron chi connectivity index (χ3n) is 4.17. The molecule has 0 unspecified atom stereocenters. The maximum atomic E-state index is 12.1. The first-order valence-electron chi connectivity index (χ1n) is 8.48. The number of aromatic nitrogens is 3. The quantitative estimate of drug-likeness (QED) is 0.597. The molecule has 0 saturated carbocycles. The zero-order valence-corrected chi connectivity index (χ0v) is 15.7. The molecule has 1 N–H and O–H groups in total. The molecule has 2 aromatic heterocycles. The minimum absolute atomic E-state index is 0.163. The fourth-order valence-corrected chi connectivity index (χ4v) is 3.13. The molecule has 0 aromatic carbocycles. The topological polar surface area (TPSA) is 74.2 Å². The molecule has 7 nitrogen and oxygen atoms in total. The summed E-state index contributed by atoms with van der Waals surface area (Å²) >= 11 is 11.8. The number of carbonyl (C=O) groups is 1. The second kappa shape index (κ2) is 9.12. The van der Waals surface area contributed by atoms with Gasteiger partial charge in [0.05, 0.1) is 5.02 Å². The molecule has 3 rings (SSSR count). The Bertz CT molecular complexity index is 737. The van der Waals surface area contributed by atoms with E-state index in [1.807, 2.05) is 6.07 Å². The lowest BCUT2D eigenvalue weighted by Crippen LogP contribution is -2.47. The summed E-state index contributed by atoms with van der Waals surface area (Å²) in [7, 11) is 0. The van der Waals surface area contributed by atoms with Crippen molar-refractivity contribution in [3.63, 3.8) is 0 Å². The predicted octanol–water partition coefficient (Wildman–Crippen LogP) is 2.12. The molecule has 0 atom stereocenters. The summed E-state index contributed by atoms with van der Waals surface area (Å²) in [6.07, 6.45) is 4.38. The van der Waals surface area contributed by atoms with E-state index in [-0.39, 0.29) is 16.8 Å². The summed E-state index contributed by atoms with van der Waals surface area (Å²) in [4.78, 5) is 29.2. The van der Waals surface area contributed by atoms with Crippen molar-refractivity contribution in [1.29, 1.82) is 0 Å². The zero-order valence-electron chi connectivity index (χ0n) is 14.2. The first kappa shape index (κ1) is 18.8. The molecule has 2 aromatic rings. The summed E-state index contributed by atoms with van der Waals surface area (Å²) in [5, 5.41) is 3.39. The van der Waals surface area contributed by atoms with Gasteiger partial charge in [-0.1, -0.05) is 23.2 Å². The first-order chi connectivity index (χ1) is 12.6. The molecule has 0 bridgehead atoms. The van der Waals surface area contributed by atoms with Gasteiger partial charge in [0, 0.05) is 45.1 Å². The summed E-state index contributed by atoms with van der Waals surface area (Å²) in [6, 6.07) is 4.95. The van der Waals surface area contributed by atoms with E-state index in [0.717, 1.165) is 45.1 Å². The van der Waals surface area contributed by atoms with Gasteiger partial charge in [0.15, 0.2) is 0 Å². The third-order valence-corrected chi connectivity index (χ3v) is 4.69. The average Bonchev–Trinajstić information content (AvgIpc) is 2.68. The van der Waals surface area contributed by atoms with Crippen LogP contribution < -0.4 is 10.2 Å². The molecule has 1 aliphatic rings. The number of halogens is 2. The van der Waals surface area contributed by atoms with Crippen molar-refractivity contribution in [3.8, 4) is 0 Å². The van der Waals surface area contributed by atoms with Crippen LogP contribution in [0.2, 0.25) is 10.2 Å². The van der Waals surface area contributed by atoms with Crippen molar-refractivity contribution in [1.82, 2.24) is 25.2 Å². The molecule has 3 heterocycles. The van der Waals surface area contributed by atoms with Gasteiger partial charge in [-0.25, -0.2) is 15.0 Å². The first-order valence-corrected chi connectivity index (χ1v) is 9.23. The van der Waals surface area contributed by atoms with E-state index in [0.29, 0.717) is 11.6 Å². The number of rotatable bonds is 6. The molecule has 1 aliphatic heterocycles. The Labute approximate surface area is 162 Å². The van der Waals surface area contributed by atoms with E-state index < -0.39 is 0 Å². The molecule has 1 saturated heterocycles. The smallest absolute Gasteiger partial charge is 0.271 e. The van der Waals surface area contributed by atoms with E-state index >= 15 is 0 Å². The lowest BCUT2D eigenvalue weighted by Gasteiger charge is -2.34. The molecule has 1 fully saturated rings. The largest absolute Gasteiger partial charge is 0.351 e. The van der Waals surface area contributed by atoms with Crippen molar-refractivity contribution in [2.75, 3.05) is 44.2 Å². The number of pyridine rings is 1. The molecule has 0 spiro atoms. The molecule has 0 aliphatic carbocycles. The van der Waals surface area contributed by atoms with Crippen molar-refractivity contribution in [3.05, 3.63) is 46.5 Å². The van der Waals surface area contributed by atoms with Crippen LogP contribution in [0.5, 0.6) is 0 Å². The van der Waals surface area contributed by atoms with Crippen LogP contribution in [0.25, 0.3) is 0 Å². The Hall–Kier alpha value is -1.96. The number of hydrogen-bond acceptors (Lipinski definition) is 6. The maximum absolute atomic E-state index is 12.1. The highest BCUT2D eigenvalue weighted by Gasteiger charge is 2.18. The van der Waals surface area contributed by atoms with Crippen LogP contribution in [0.15, 0.2) is 30.6 Å². The maximum Gasteiger partial charge on any atom is 0.271 e. The van der Waals surface area contributed by atoms with Gasteiger partial charge in [0.1, 0.15) is 10.8 Å². The number of anilines is 1. The van der Waals surface area contributed by atoms with Crippen LogP contribution in [-0.4, -0.2) is 65.0 Å². The fraction of sp³-hybridized carbons (Fsp3) is 0.412. The zero-order chi connectivity index (χ0) is 18.4. The van der Waals surface area contributed by atoms with Gasteiger partial charge < -0.3 is 10.2 Å². The van der Waals surface area contributed by atoms with Crippen LogP contribution in [-0.2, 0) is 0 Å². The van der Waals surface area contributed by atoms with E-state index in [9.17, 15) is 4.79 Å². The summed E-state index contributed by atoms with van der Waals surface area (Å²) in [5.41, 5.74) is 0.163. The monoisotopic (exact) mass is 394 g/mol. The van der Waals surface area contributed by atoms with E-state index in [2.05, 4.69) is 30.1 Å². The second-order valence-electron chi connectivity index (χ2n) is 5.95. The van der Waals surface area contributed by atoms with Crippen molar-refractivity contribution < 1.29 is 4.79 Å². The van der Waals surface area contributed by atoms with E-state index in [1.54, 1.807) is 24.5 Å². The average molecular weight is 395 g/mol. The summed E-state index contributed by atoms with van der Waals surface area (Å²) in [6.45, 7) is 5.18. The van der Waals surface area contributed by atoms with Gasteiger partial charge in [-0.3, -0.25) is 9.69 Å². The Balaban J connectivity index is 1.37. The predicted molar refractivity (Wildman–Crippen MR) is 102 cm³/mol. The van der Waals surface area contributed by atoms with Gasteiger partial charge in [0.25, 0.3) is 5.91 Å². The highest BCUT2D eigenvalue weighted by molar-refractivity contribution is 6.34. The van der Waals surface area contributed by atoms with Crippen LogP contribution in [0.4, 0.5) is 5.95 Å². The summed E-state index contributed by atoms with van der Waals surface area (Å²) in [5.74, 6) is 0.480.